The van der Waals surface area contributed by atoms with E-state index in [4.69, 9.17) is 14.5 Å². The maximum absolute atomic E-state index is 5.65. The van der Waals surface area contributed by atoms with Gasteiger partial charge in [0.1, 0.15) is 0 Å². The highest BCUT2D eigenvalue weighted by atomic mass is 127. The average Bonchev–Trinajstić information content (AvgIpc) is 3.19. The number of methoxy groups -OCH3 is 1. The number of likely N-dealkylation sites (tertiary alicyclic amines) is 1. The summed E-state index contributed by atoms with van der Waals surface area (Å²) < 4.78 is 10.8. The van der Waals surface area contributed by atoms with Gasteiger partial charge in [-0.1, -0.05) is 0 Å². The maximum atomic E-state index is 5.65. The molecular weight excluding hydrogens is 407 g/mol. The van der Waals surface area contributed by atoms with Crippen LogP contribution in [0.4, 0.5) is 0 Å². The Balaban J connectivity index is 0.00000264. The van der Waals surface area contributed by atoms with Gasteiger partial charge in [-0.3, -0.25) is 9.89 Å². The minimum absolute atomic E-state index is 0. The number of nitrogens with zero attached hydrogens (tertiary/aromatic N) is 2. The molecule has 2 N–H and O–H groups in total. The van der Waals surface area contributed by atoms with Crippen molar-refractivity contribution in [2.24, 2.45) is 4.99 Å². The number of aliphatic imine (C=N–C) groups is 1. The number of halogens is 1. The normalized spacial score (nSPS) is 25.4. The lowest BCUT2D eigenvalue weighted by Gasteiger charge is -2.23. The van der Waals surface area contributed by atoms with Crippen LogP contribution in [0.3, 0.4) is 0 Å². The molecule has 2 atom stereocenters. The molecule has 23 heavy (non-hydrogen) atoms. The van der Waals surface area contributed by atoms with Gasteiger partial charge in [-0.15, -0.1) is 24.0 Å². The van der Waals surface area contributed by atoms with Crippen LogP contribution in [0.5, 0.6) is 0 Å². The molecule has 7 heteroatoms. The lowest BCUT2D eigenvalue weighted by molar-refractivity contribution is 0.113. The third kappa shape index (κ3) is 7.53. The Hall–Kier alpha value is -0.120. The van der Waals surface area contributed by atoms with E-state index >= 15 is 0 Å². The number of ether oxygens (including phenoxy) is 2. The summed E-state index contributed by atoms with van der Waals surface area (Å²) in [5, 5.41) is 6.74. The highest BCUT2D eigenvalue weighted by Gasteiger charge is 2.23. The average molecular weight is 440 g/mol. The van der Waals surface area contributed by atoms with Crippen LogP contribution in [0.2, 0.25) is 0 Å². The molecule has 2 rings (SSSR count). The van der Waals surface area contributed by atoms with Crippen LogP contribution in [0, 0.1) is 0 Å². The molecule has 0 aromatic carbocycles. The third-order valence-corrected chi connectivity index (χ3v) is 4.41. The van der Waals surface area contributed by atoms with E-state index in [1.165, 1.54) is 25.8 Å². The van der Waals surface area contributed by atoms with Gasteiger partial charge in [-0.05, 0) is 39.2 Å². The molecule has 2 heterocycles. The van der Waals surface area contributed by atoms with Crippen LogP contribution in [0.1, 0.15) is 32.6 Å². The zero-order chi connectivity index (χ0) is 15.6. The molecular formula is C16H33IN4O2. The Labute approximate surface area is 157 Å². The number of hydrogen-bond donors (Lipinski definition) is 2. The van der Waals surface area contributed by atoms with Crippen molar-refractivity contribution < 1.29 is 9.47 Å². The fourth-order valence-electron chi connectivity index (χ4n) is 3.16. The first-order chi connectivity index (χ1) is 10.8. The van der Waals surface area contributed by atoms with E-state index < -0.39 is 0 Å². The molecule has 0 aromatic rings. The second-order valence-corrected chi connectivity index (χ2v) is 6.06. The van der Waals surface area contributed by atoms with E-state index in [0.29, 0.717) is 12.1 Å². The van der Waals surface area contributed by atoms with Crippen molar-refractivity contribution in [2.75, 3.05) is 53.0 Å². The molecule has 2 unspecified atom stereocenters. The predicted octanol–water partition coefficient (Wildman–Crippen LogP) is 1.45. The van der Waals surface area contributed by atoms with Crippen molar-refractivity contribution in [3.8, 4) is 0 Å². The van der Waals surface area contributed by atoms with Gasteiger partial charge >= 0.3 is 0 Å². The molecule has 6 nitrogen and oxygen atoms in total. The van der Waals surface area contributed by atoms with Gasteiger partial charge in [-0.25, -0.2) is 0 Å². The topological polar surface area (TPSA) is 58.1 Å². The summed E-state index contributed by atoms with van der Waals surface area (Å²) in [5.41, 5.74) is 0. The first kappa shape index (κ1) is 20.9. The molecule has 0 bridgehead atoms. The zero-order valence-electron chi connectivity index (χ0n) is 14.6. The summed E-state index contributed by atoms with van der Waals surface area (Å²) in [6, 6.07) is 0.549. The molecule has 2 fully saturated rings. The van der Waals surface area contributed by atoms with E-state index in [9.17, 15) is 0 Å². The zero-order valence-corrected chi connectivity index (χ0v) is 16.9. The summed E-state index contributed by atoms with van der Waals surface area (Å²) in [7, 11) is 1.77. The predicted molar refractivity (Wildman–Crippen MR) is 105 cm³/mol. The molecule has 2 saturated heterocycles. The smallest absolute Gasteiger partial charge is 0.191 e. The Bertz CT molecular complexity index is 338. The number of guanidine groups is 1. The van der Waals surface area contributed by atoms with Crippen LogP contribution in [-0.4, -0.2) is 76.1 Å². The van der Waals surface area contributed by atoms with Gasteiger partial charge < -0.3 is 20.1 Å². The van der Waals surface area contributed by atoms with E-state index in [-0.39, 0.29) is 24.0 Å². The van der Waals surface area contributed by atoms with Gasteiger partial charge in [0.25, 0.3) is 0 Å². The second kappa shape index (κ2) is 12.3. The minimum Gasteiger partial charge on any atom is -0.383 e. The van der Waals surface area contributed by atoms with Crippen LogP contribution in [0.15, 0.2) is 4.99 Å². The molecule has 0 amide bonds. The first-order valence-corrected chi connectivity index (χ1v) is 8.70. The Morgan fingerprint density at radius 3 is 2.87 bits per heavy atom. The molecule has 2 aliphatic heterocycles. The number of rotatable bonds is 8. The fraction of sp³-hybridized carbons (Fsp3) is 0.938. The Morgan fingerprint density at radius 1 is 1.30 bits per heavy atom. The van der Waals surface area contributed by atoms with E-state index in [2.05, 4.69) is 22.5 Å². The fourth-order valence-corrected chi connectivity index (χ4v) is 3.16. The molecule has 0 aromatic heterocycles. The summed E-state index contributed by atoms with van der Waals surface area (Å²) in [4.78, 5) is 7.27. The second-order valence-electron chi connectivity index (χ2n) is 6.06. The molecule has 0 radical (unpaired) electrons. The van der Waals surface area contributed by atoms with Gasteiger partial charge in [0, 0.05) is 39.4 Å². The van der Waals surface area contributed by atoms with Crippen LogP contribution in [-0.2, 0) is 9.47 Å². The lowest BCUT2D eigenvalue weighted by atomic mass is 10.2. The first-order valence-electron chi connectivity index (χ1n) is 8.70. The Morgan fingerprint density at radius 2 is 2.17 bits per heavy atom. The van der Waals surface area contributed by atoms with Crippen molar-refractivity contribution in [1.82, 2.24) is 15.5 Å². The summed E-state index contributed by atoms with van der Waals surface area (Å²) in [6.45, 7) is 8.57. The monoisotopic (exact) mass is 440 g/mol. The van der Waals surface area contributed by atoms with Gasteiger partial charge in [0.2, 0.25) is 0 Å². The van der Waals surface area contributed by atoms with Crippen LogP contribution < -0.4 is 10.6 Å². The summed E-state index contributed by atoms with van der Waals surface area (Å²) in [5.74, 6) is 0.914. The minimum atomic E-state index is 0. The summed E-state index contributed by atoms with van der Waals surface area (Å²) in [6.07, 6.45) is 5.17. The highest BCUT2D eigenvalue weighted by molar-refractivity contribution is 14.0. The van der Waals surface area contributed by atoms with Crippen molar-refractivity contribution in [2.45, 2.75) is 44.8 Å². The highest BCUT2D eigenvalue weighted by Crippen LogP contribution is 2.17. The third-order valence-electron chi connectivity index (χ3n) is 4.41. The largest absolute Gasteiger partial charge is 0.383 e. The molecule has 2 aliphatic rings. The molecule has 0 saturated carbocycles. The van der Waals surface area contributed by atoms with Crippen molar-refractivity contribution in [1.29, 1.82) is 0 Å². The van der Waals surface area contributed by atoms with Gasteiger partial charge in [0.15, 0.2) is 5.96 Å². The van der Waals surface area contributed by atoms with Gasteiger partial charge in [0.05, 0.1) is 19.3 Å². The van der Waals surface area contributed by atoms with Gasteiger partial charge in [-0.2, -0.15) is 0 Å². The number of hydrogen-bond acceptors (Lipinski definition) is 4. The quantitative estimate of drug-likeness (QED) is 0.340. The van der Waals surface area contributed by atoms with Crippen molar-refractivity contribution in [3.63, 3.8) is 0 Å². The van der Waals surface area contributed by atoms with Crippen LogP contribution >= 0.6 is 24.0 Å². The Kier molecular flexibility index (Phi) is 11.2. The van der Waals surface area contributed by atoms with Crippen molar-refractivity contribution in [3.05, 3.63) is 0 Å². The van der Waals surface area contributed by atoms with E-state index in [0.717, 1.165) is 51.8 Å². The molecule has 136 valence electrons. The number of nitrogens with one attached hydrogen (secondary N) is 2. The summed E-state index contributed by atoms with van der Waals surface area (Å²) >= 11 is 0. The van der Waals surface area contributed by atoms with Crippen LogP contribution in [0.25, 0.3) is 0 Å². The standard InChI is InChI=1S/C16H32N4O2.HI/c1-3-17-16(19-13-15-7-5-10-22-15)18-12-14-6-4-8-20(14)9-11-21-2;/h14-15H,3-13H2,1-2H3,(H2,17,18,19);1H. The maximum Gasteiger partial charge on any atom is 0.191 e. The van der Waals surface area contributed by atoms with E-state index in [1.807, 2.05) is 0 Å². The lowest BCUT2D eigenvalue weighted by Crippen LogP contribution is -2.42. The molecule has 0 spiro atoms. The SMILES string of the molecule is CCNC(=NCC1CCCN1CCOC)NCC1CCCO1.I. The molecule has 0 aliphatic carbocycles. The van der Waals surface area contributed by atoms with E-state index in [1.54, 1.807) is 7.11 Å². The van der Waals surface area contributed by atoms with Crippen molar-refractivity contribution >= 4 is 29.9 Å².